The van der Waals surface area contributed by atoms with Gasteiger partial charge >= 0.3 is 11.9 Å². The van der Waals surface area contributed by atoms with Crippen LogP contribution in [-0.4, -0.2) is 42.7 Å². The summed E-state index contributed by atoms with van der Waals surface area (Å²) in [7, 11) is 1.39. The molecule has 37 heavy (non-hydrogen) atoms. The second kappa shape index (κ2) is 10.5. The topological polar surface area (TPSA) is 127 Å². The van der Waals surface area contributed by atoms with Crippen molar-refractivity contribution < 1.29 is 38.6 Å². The molecule has 0 radical (unpaired) electrons. The van der Waals surface area contributed by atoms with Gasteiger partial charge in [0.2, 0.25) is 0 Å². The maximum absolute atomic E-state index is 13.9. The summed E-state index contributed by atoms with van der Waals surface area (Å²) in [5.41, 5.74) is -0.709. The third-order valence-corrected chi connectivity index (χ3v) is 10.9. The van der Waals surface area contributed by atoms with Gasteiger partial charge in [0, 0.05) is 36.6 Å². The summed E-state index contributed by atoms with van der Waals surface area (Å²) < 4.78 is 10.4. The molecule has 0 amide bonds. The second-order valence-electron chi connectivity index (χ2n) is 12.6. The molecule has 0 N–H and O–H groups in total. The van der Waals surface area contributed by atoms with Gasteiger partial charge < -0.3 is 19.4 Å². The molecule has 0 aromatic carbocycles. The van der Waals surface area contributed by atoms with Crippen molar-refractivity contribution in [1.29, 1.82) is 0 Å². The minimum atomic E-state index is -1.28. The van der Waals surface area contributed by atoms with E-state index >= 15 is 0 Å². The van der Waals surface area contributed by atoms with Crippen molar-refractivity contribution in [1.82, 2.24) is 0 Å². The maximum atomic E-state index is 13.9. The molecule has 0 spiro atoms. The molecule has 0 saturated heterocycles. The fraction of sp³-hybridized carbons (Fsp3) is 0.828. The number of Topliss-reactive ketones (excluding diaryl/α,β-unsaturated/α-hetero) is 2. The molecule has 4 saturated carbocycles. The Morgan fingerprint density at radius 2 is 1.73 bits per heavy atom. The number of hydrogen-bond donors (Lipinski definition) is 0. The zero-order valence-electron chi connectivity index (χ0n) is 22.6. The van der Waals surface area contributed by atoms with E-state index in [9.17, 15) is 29.1 Å². The number of rotatable bonds is 8. The van der Waals surface area contributed by atoms with Crippen LogP contribution in [0.4, 0.5) is 0 Å². The smallest absolute Gasteiger partial charge is 0.306 e. The van der Waals surface area contributed by atoms with E-state index in [1.807, 2.05) is 0 Å². The van der Waals surface area contributed by atoms with Gasteiger partial charge in [-0.3, -0.25) is 19.2 Å². The molecule has 4 aliphatic rings. The average molecular weight is 518 g/mol. The van der Waals surface area contributed by atoms with Crippen molar-refractivity contribution in [2.24, 2.45) is 46.3 Å². The van der Waals surface area contributed by atoms with E-state index in [0.717, 1.165) is 19.3 Å². The first kappa shape index (κ1) is 27.8. The van der Waals surface area contributed by atoms with Gasteiger partial charge in [0.15, 0.2) is 0 Å². The minimum absolute atomic E-state index is 0.00295. The maximum Gasteiger partial charge on any atom is 0.306 e. The second-order valence-corrected chi connectivity index (χ2v) is 12.6. The number of ether oxygens (including phenoxy) is 2. The third-order valence-electron chi connectivity index (χ3n) is 10.9. The predicted molar refractivity (Wildman–Crippen MR) is 131 cm³/mol. The molecule has 9 atom stereocenters. The van der Waals surface area contributed by atoms with E-state index < -0.39 is 17.4 Å². The SMILES string of the molecule is COC(=O)CC[C@@H](C)[C@H]1CC[C@H]2[C@@H]3C(=O)C[C@@H]4C[C@H](OC(=O)CCC(=O)[O-])CC[C@]4(C)[C@@H]3CC(=O)[C@]12C. The Labute approximate surface area is 219 Å². The van der Waals surface area contributed by atoms with Crippen molar-refractivity contribution in [2.45, 2.75) is 97.5 Å². The predicted octanol–water partition coefficient (Wildman–Crippen LogP) is 3.03. The van der Waals surface area contributed by atoms with E-state index in [2.05, 4.69) is 20.8 Å². The fourth-order valence-electron chi connectivity index (χ4n) is 8.76. The first-order valence-corrected chi connectivity index (χ1v) is 13.9. The van der Waals surface area contributed by atoms with Crippen molar-refractivity contribution in [2.75, 3.05) is 7.11 Å². The first-order valence-electron chi connectivity index (χ1n) is 13.9. The zero-order valence-corrected chi connectivity index (χ0v) is 22.6. The zero-order chi connectivity index (χ0) is 27.1. The van der Waals surface area contributed by atoms with Gasteiger partial charge in [-0.25, -0.2) is 0 Å². The number of esters is 2. The molecular weight excluding hydrogens is 476 g/mol. The summed E-state index contributed by atoms with van der Waals surface area (Å²) in [5, 5.41) is 10.7. The number of fused-ring (bicyclic) bond motifs is 5. The van der Waals surface area contributed by atoms with Gasteiger partial charge in [0.1, 0.15) is 17.7 Å². The molecule has 0 heterocycles. The lowest BCUT2D eigenvalue weighted by molar-refractivity contribution is -0.305. The molecule has 4 fully saturated rings. The average Bonchev–Trinajstić information content (AvgIpc) is 3.21. The van der Waals surface area contributed by atoms with Crippen LogP contribution < -0.4 is 5.11 Å². The monoisotopic (exact) mass is 517 g/mol. The lowest BCUT2D eigenvalue weighted by Crippen LogP contribution is -2.60. The summed E-state index contributed by atoms with van der Waals surface area (Å²) in [5.74, 6) is -1.24. The molecule has 0 aromatic rings. The number of carboxylic acid groups (broad SMARTS) is 1. The summed E-state index contributed by atoms with van der Waals surface area (Å²) >= 11 is 0. The standard InChI is InChI=1S/C29H42O8/c1-16(5-9-25(34)36-4)19-6-7-20-27-21(15-23(31)29(19,20)3)28(2)12-11-18(13-17(28)14-22(27)30)37-26(35)10-8-24(32)33/h16-21,27H,5-15H2,1-4H3,(H,32,33)/p-1/t16-,17+,18-,19-,20+,21-,27+,28+,29-/m1/s1. The Morgan fingerprint density at radius 1 is 1.00 bits per heavy atom. The summed E-state index contributed by atoms with van der Waals surface area (Å²) in [6.07, 6.45) is 4.74. The molecule has 0 unspecified atom stereocenters. The van der Waals surface area contributed by atoms with Crippen molar-refractivity contribution in [3.8, 4) is 0 Å². The van der Waals surface area contributed by atoms with E-state index in [-0.39, 0.29) is 77.4 Å². The van der Waals surface area contributed by atoms with Crippen molar-refractivity contribution in [3.63, 3.8) is 0 Å². The molecule has 8 heteroatoms. The highest BCUT2D eigenvalue weighted by Crippen LogP contribution is 2.66. The van der Waals surface area contributed by atoms with Crippen LogP contribution in [0.5, 0.6) is 0 Å². The number of methoxy groups -OCH3 is 1. The van der Waals surface area contributed by atoms with Gasteiger partial charge in [0.05, 0.1) is 13.5 Å². The molecule has 4 rings (SSSR count). The number of carboxylic acids is 1. The largest absolute Gasteiger partial charge is 0.550 e. The number of carbonyl (C=O) groups excluding carboxylic acids is 5. The van der Waals surface area contributed by atoms with Crippen LogP contribution >= 0.6 is 0 Å². The van der Waals surface area contributed by atoms with Gasteiger partial charge in [-0.15, -0.1) is 0 Å². The van der Waals surface area contributed by atoms with E-state index in [0.29, 0.717) is 38.5 Å². The quantitative estimate of drug-likeness (QED) is 0.450. The summed E-state index contributed by atoms with van der Waals surface area (Å²) in [6.45, 7) is 6.42. The Hall–Kier alpha value is -2.25. The summed E-state index contributed by atoms with van der Waals surface area (Å²) in [4.78, 5) is 62.0. The van der Waals surface area contributed by atoms with Crippen molar-refractivity contribution >= 4 is 29.5 Å². The van der Waals surface area contributed by atoms with Crippen LogP contribution in [0, 0.1) is 46.3 Å². The van der Waals surface area contributed by atoms with Gasteiger partial charge in [0.25, 0.3) is 0 Å². The Bertz CT molecular complexity index is 958. The molecular formula is C29H41O8-. The van der Waals surface area contributed by atoms with E-state index in [1.54, 1.807) is 0 Å². The number of hydrogen-bond acceptors (Lipinski definition) is 8. The van der Waals surface area contributed by atoms with E-state index in [4.69, 9.17) is 9.47 Å². The lowest BCUT2D eigenvalue weighted by Gasteiger charge is -2.59. The Kier molecular flexibility index (Phi) is 7.87. The van der Waals surface area contributed by atoms with Gasteiger partial charge in [-0.05, 0) is 80.0 Å². The normalized spacial score (nSPS) is 39.7. The number of aliphatic carboxylic acids is 1. The highest BCUT2D eigenvalue weighted by molar-refractivity contribution is 5.92. The Morgan fingerprint density at radius 3 is 2.41 bits per heavy atom. The number of carbonyl (C=O) groups is 5. The van der Waals surface area contributed by atoms with Crippen LogP contribution in [0.3, 0.4) is 0 Å². The highest BCUT2D eigenvalue weighted by Gasteiger charge is 2.66. The molecule has 206 valence electrons. The fourth-order valence-corrected chi connectivity index (χ4v) is 8.76. The summed E-state index contributed by atoms with van der Waals surface area (Å²) in [6, 6.07) is 0. The third kappa shape index (κ3) is 4.97. The van der Waals surface area contributed by atoms with Crippen LogP contribution in [0.2, 0.25) is 0 Å². The molecule has 4 aliphatic carbocycles. The van der Waals surface area contributed by atoms with Crippen LogP contribution in [0.1, 0.15) is 91.4 Å². The van der Waals surface area contributed by atoms with Crippen molar-refractivity contribution in [3.05, 3.63) is 0 Å². The molecule has 8 nitrogen and oxygen atoms in total. The Balaban J connectivity index is 1.48. The van der Waals surface area contributed by atoms with Crippen LogP contribution in [-0.2, 0) is 33.4 Å². The first-order chi connectivity index (χ1) is 17.4. The van der Waals surface area contributed by atoms with E-state index in [1.165, 1.54) is 7.11 Å². The molecule has 0 aliphatic heterocycles. The molecule has 0 bridgehead atoms. The molecule has 0 aromatic heterocycles. The van der Waals surface area contributed by atoms with Crippen LogP contribution in [0.15, 0.2) is 0 Å². The number of ketones is 2. The minimum Gasteiger partial charge on any atom is -0.550 e. The lowest BCUT2D eigenvalue weighted by atomic mass is 9.43. The highest BCUT2D eigenvalue weighted by atomic mass is 16.5. The van der Waals surface area contributed by atoms with Gasteiger partial charge in [-0.1, -0.05) is 20.8 Å². The van der Waals surface area contributed by atoms with Crippen LogP contribution in [0.25, 0.3) is 0 Å². The van der Waals surface area contributed by atoms with Gasteiger partial charge in [-0.2, -0.15) is 0 Å².